The fourth-order valence-corrected chi connectivity index (χ4v) is 5.66. The smallest absolute Gasteiger partial charge is 0.261 e. The normalized spacial score (nSPS) is 13.6. The molecule has 1 amide bonds. The summed E-state index contributed by atoms with van der Waals surface area (Å²) >= 11 is 3.36. The Kier molecular flexibility index (Phi) is 5.31. The molecule has 1 atom stereocenters. The van der Waals surface area contributed by atoms with Crippen LogP contribution in [0, 0.1) is 0 Å². The van der Waals surface area contributed by atoms with Crippen LogP contribution in [0.2, 0.25) is 0 Å². The summed E-state index contributed by atoms with van der Waals surface area (Å²) in [6, 6.07) is 16.2. The molecule has 1 aromatic carbocycles. The van der Waals surface area contributed by atoms with Crippen LogP contribution >= 0.6 is 23.1 Å². The van der Waals surface area contributed by atoms with Crippen LogP contribution in [0.5, 0.6) is 0 Å². The molecule has 7 heteroatoms. The van der Waals surface area contributed by atoms with Crippen LogP contribution < -0.4 is 5.32 Å². The van der Waals surface area contributed by atoms with Crippen LogP contribution in [0.4, 0.5) is 0 Å². The van der Waals surface area contributed by atoms with Gasteiger partial charge in [-0.15, -0.1) is 21.5 Å². The quantitative estimate of drug-likeness (QED) is 0.474. The zero-order valence-electron chi connectivity index (χ0n) is 16.7. The van der Waals surface area contributed by atoms with Crippen molar-refractivity contribution in [1.29, 1.82) is 0 Å². The molecular formula is C23H22N4OS2. The van der Waals surface area contributed by atoms with Crippen molar-refractivity contribution < 1.29 is 4.79 Å². The molecule has 5 rings (SSSR count). The van der Waals surface area contributed by atoms with E-state index in [1.54, 1.807) is 23.1 Å². The summed E-state index contributed by atoms with van der Waals surface area (Å²) in [6.45, 7) is 0. The first-order chi connectivity index (χ1) is 14.7. The third kappa shape index (κ3) is 3.52. The van der Waals surface area contributed by atoms with E-state index in [1.165, 1.54) is 21.6 Å². The van der Waals surface area contributed by atoms with Crippen molar-refractivity contribution in [1.82, 2.24) is 19.9 Å². The second-order valence-corrected chi connectivity index (χ2v) is 9.45. The van der Waals surface area contributed by atoms with Gasteiger partial charge in [-0.3, -0.25) is 9.20 Å². The molecule has 0 fully saturated rings. The van der Waals surface area contributed by atoms with Crippen LogP contribution in [0.1, 0.15) is 39.1 Å². The van der Waals surface area contributed by atoms with E-state index in [1.807, 2.05) is 28.8 Å². The molecule has 0 saturated heterocycles. The fourth-order valence-electron chi connectivity index (χ4n) is 4.01. The lowest BCUT2D eigenvalue weighted by Crippen LogP contribution is -2.30. The Balaban J connectivity index is 1.44. The highest BCUT2D eigenvalue weighted by Crippen LogP contribution is 2.39. The summed E-state index contributed by atoms with van der Waals surface area (Å²) in [5.74, 6) is 1.67. The lowest BCUT2D eigenvalue weighted by molar-refractivity contribution is 0.0938. The second-order valence-electron chi connectivity index (χ2n) is 7.42. The largest absolute Gasteiger partial charge is 0.341 e. The lowest BCUT2D eigenvalue weighted by Gasteiger charge is -2.16. The molecule has 0 bridgehead atoms. The highest BCUT2D eigenvalue weighted by Gasteiger charge is 2.25. The standard InChI is InChI=1S/C23H22N4OS2/c1-29-13-11-18(22-26-25-20-8-4-5-12-27(20)22)24-23(28)19-14-16-10-9-15-6-2-3-7-17(15)21(16)30-19/h2-8,12,14,18H,9-11,13H2,1H3,(H,24,28). The summed E-state index contributed by atoms with van der Waals surface area (Å²) in [7, 11) is 0. The van der Waals surface area contributed by atoms with Crippen LogP contribution in [0.15, 0.2) is 54.7 Å². The number of fused-ring (bicyclic) bond motifs is 4. The number of thiophene rings is 1. The van der Waals surface area contributed by atoms with Gasteiger partial charge in [0.2, 0.25) is 0 Å². The number of hydrogen-bond acceptors (Lipinski definition) is 5. The number of carbonyl (C=O) groups excluding carboxylic acids is 1. The van der Waals surface area contributed by atoms with E-state index in [0.29, 0.717) is 0 Å². The van der Waals surface area contributed by atoms with Gasteiger partial charge >= 0.3 is 0 Å². The number of thioether (sulfide) groups is 1. The molecular weight excluding hydrogens is 412 g/mol. The minimum atomic E-state index is -0.186. The number of carbonyl (C=O) groups is 1. The van der Waals surface area contributed by atoms with Crippen molar-refractivity contribution in [2.75, 3.05) is 12.0 Å². The Hall–Kier alpha value is -2.64. The first-order valence-electron chi connectivity index (χ1n) is 10.0. The summed E-state index contributed by atoms with van der Waals surface area (Å²) in [5, 5.41) is 11.9. The number of nitrogens with zero attached hydrogens (tertiary/aromatic N) is 3. The minimum absolute atomic E-state index is 0.0364. The third-order valence-corrected chi connectivity index (χ3v) is 7.38. The maximum absolute atomic E-state index is 13.2. The molecule has 3 aromatic heterocycles. The molecule has 1 N–H and O–H groups in total. The number of hydrogen-bond donors (Lipinski definition) is 1. The molecule has 3 heterocycles. The molecule has 1 unspecified atom stereocenters. The van der Waals surface area contributed by atoms with Crippen LogP contribution in [0.3, 0.4) is 0 Å². The van der Waals surface area contributed by atoms with Crippen LogP contribution in [-0.2, 0) is 12.8 Å². The number of nitrogens with one attached hydrogen (secondary N) is 1. The third-order valence-electron chi connectivity index (χ3n) is 5.53. The van der Waals surface area contributed by atoms with Crippen LogP contribution in [0.25, 0.3) is 16.1 Å². The molecule has 152 valence electrons. The van der Waals surface area contributed by atoms with E-state index >= 15 is 0 Å². The zero-order chi connectivity index (χ0) is 20.5. The van der Waals surface area contributed by atoms with Crippen molar-refractivity contribution >= 4 is 34.7 Å². The van der Waals surface area contributed by atoms with Gasteiger partial charge in [0.25, 0.3) is 5.91 Å². The SMILES string of the molecule is CSCCC(NC(=O)c1cc2c(s1)-c1ccccc1CC2)c1nnc2ccccn12. The average molecular weight is 435 g/mol. The van der Waals surface area contributed by atoms with Gasteiger partial charge in [-0.2, -0.15) is 11.8 Å². The minimum Gasteiger partial charge on any atom is -0.341 e. The van der Waals surface area contributed by atoms with Gasteiger partial charge in [0, 0.05) is 11.1 Å². The van der Waals surface area contributed by atoms with Crippen molar-refractivity contribution in [3.05, 3.63) is 76.6 Å². The molecule has 1 aliphatic rings. The highest BCUT2D eigenvalue weighted by molar-refractivity contribution is 7.98. The number of amides is 1. The van der Waals surface area contributed by atoms with Gasteiger partial charge in [0.1, 0.15) is 0 Å². The summed E-state index contributed by atoms with van der Waals surface area (Å²) < 4.78 is 1.96. The number of rotatable bonds is 6. The molecule has 1 aliphatic carbocycles. The molecule has 30 heavy (non-hydrogen) atoms. The predicted octanol–water partition coefficient (Wildman–Crippen LogP) is 4.78. The van der Waals surface area contributed by atoms with Gasteiger partial charge in [-0.25, -0.2) is 0 Å². The number of benzene rings is 1. The molecule has 4 aromatic rings. The summed E-state index contributed by atoms with van der Waals surface area (Å²) in [5.41, 5.74) is 4.70. The van der Waals surface area contributed by atoms with E-state index < -0.39 is 0 Å². The molecule has 0 spiro atoms. The average Bonchev–Trinajstić information content (AvgIpc) is 3.41. The molecule has 0 radical (unpaired) electrons. The van der Waals surface area contributed by atoms with Gasteiger partial charge in [-0.1, -0.05) is 30.3 Å². The van der Waals surface area contributed by atoms with E-state index in [4.69, 9.17) is 0 Å². The van der Waals surface area contributed by atoms with Crippen molar-refractivity contribution in [2.45, 2.75) is 25.3 Å². The zero-order valence-corrected chi connectivity index (χ0v) is 18.3. The van der Waals surface area contributed by atoms with Crippen molar-refractivity contribution in [3.8, 4) is 10.4 Å². The Labute approximate surface area is 183 Å². The first-order valence-corrected chi connectivity index (χ1v) is 12.3. The maximum Gasteiger partial charge on any atom is 0.261 e. The Morgan fingerprint density at radius 1 is 1.17 bits per heavy atom. The second kappa shape index (κ2) is 8.24. The van der Waals surface area contributed by atoms with Crippen molar-refractivity contribution in [3.63, 3.8) is 0 Å². The number of pyridine rings is 1. The Morgan fingerprint density at radius 2 is 2.00 bits per heavy atom. The number of aryl methyl sites for hydroxylation is 2. The van der Waals surface area contributed by atoms with E-state index in [2.05, 4.69) is 52.1 Å². The van der Waals surface area contributed by atoms with E-state index in [-0.39, 0.29) is 11.9 Å². The van der Waals surface area contributed by atoms with Crippen molar-refractivity contribution in [2.24, 2.45) is 0 Å². The molecule has 0 saturated carbocycles. The lowest BCUT2D eigenvalue weighted by atomic mass is 9.91. The van der Waals surface area contributed by atoms with Gasteiger partial charge in [0.05, 0.1) is 10.9 Å². The predicted molar refractivity (Wildman–Crippen MR) is 123 cm³/mol. The van der Waals surface area contributed by atoms with Gasteiger partial charge in [-0.05, 0) is 66.2 Å². The van der Waals surface area contributed by atoms with Gasteiger partial charge in [0.15, 0.2) is 11.5 Å². The molecule has 5 nitrogen and oxygen atoms in total. The number of aromatic nitrogens is 3. The Bertz CT molecular complexity index is 1210. The monoisotopic (exact) mass is 434 g/mol. The maximum atomic E-state index is 13.2. The summed E-state index contributed by atoms with van der Waals surface area (Å²) in [4.78, 5) is 15.2. The topological polar surface area (TPSA) is 59.3 Å². The van der Waals surface area contributed by atoms with Crippen LogP contribution in [-0.4, -0.2) is 32.5 Å². The first kappa shape index (κ1) is 19.3. The van der Waals surface area contributed by atoms with Gasteiger partial charge < -0.3 is 5.32 Å². The molecule has 0 aliphatic heterocycles. The van der Waals surface area contributed by atoms with E-state index in [9.17, 15) is 4.79 Å². The van der Waals surface area contributed by atoms with E-state index in [0.717, 1.165) is 41.4 Å². The summed E-state index contributed by atoms with van der Waals surface area (Å²) in [6.07, 6.45) is 6.84. The Morgan fingerprint density at radius 3 is 2.90 bits per heavy atom. The fraction of sp³-hybridized carbons (Fsp3) is 0.261. The highest BCUT2D eigenvalue weighted by atomic mass is 32.2.